The third-order valence-corrected chi connectivity index (χ3v) is 6.69. The number of rotatable bonds is 3. The predicted molar refractivity (Wildman–Crippen MR) is 117 cm³/mol. The van der Waals surface area contributed by atoms with Crippen LogP contribution in [0.25, 0.3) is 16.9 Å². The molecule has 2 aromatic heterocycles. The van der Waals surface area contributed by atoms with Gasteiger partial charge in [-0.2, -0.15) is 14.9 Å². The van der Waals surface area contributed by atoms with Crippen molar-refractivity contribution in [3.05, 3.63) is 58.0 Å². The van der Waals surface area contributed by atoms with Crippen molar-refractivity contribution in [1.29, 1.82) is 5.26 Å². The molecule has 0 spiro atoms. The van der Waals surface area contributed by atoms with Crippen molar-refractivity contribution >= 4 is 11.6 Å². The summed E-state index contributed by atoms with van der Waals surface area (Å²) in [6.07, 6.45) is 8.51. The van der Waals surface area contributed by atoms with Crippen LogP contribution < -0.4 is 5.56 Å². The van der Waals surface area contributed by atoms with Gasteiger partial charge in [-0.15, -0.1) is 0 Å². The number of carbonyl (C=O) groups is 1. The molecule has 7 heteroatoms. The van der Waals surface area contributed by atoms with Gasteiger partial charge in [0.2, 0.25) is 0 Å². The normalized spacial score (nSPS) is 19.6. The number of benzene rings is 1. The molecule has 1 aliphatic heterocycles. The highest BCUT2D eigenvalue weighted by Crippen LogP contribution is 2.33. The van der Waals surface area contributed by atoms with Crippen LogP contribution in [-0.4, -0.2) is 38.5 Å². The molecule has 0 radical (unpaired) electrons. The predicted octanol–water partition coefficient (Wildman–Crippen LogP) is 3.72. The van der Waals surface area contributed by atoms with Crippen molar-refractivity contribution in [3.63, 3.8) is 0 Å². The summed E-state index contributed by atoms with van der Waals surface area (Å²) >= 11 is 0. The molecule has 1 unspecified atom stereocenters. The second kappa shape index (κ2) is 8.03. The Hall–Kier alpha value is -3.40. The Morgan fingerprint density at radius 1 is 1.13 bits per heavy atom. The van der Waals surface area contributed by atoms with Gasteiger partial charge in [-0.3, -0.25) is 9.59 Å². The van der Waals surface area contributed by atoms with Crippen molar-refractivity contribution in [2.24, 2.45) is 5.92 Å². The van der Waals surface area contributed by atoms with Crippen molar-refractivity contribution < 1.29 is 4.79 Å². The highest BCUT2D eigenvalue weighted by Gasteiger charge is 2.29. The number of nitrogens with zero attached hydrogens (tertiary/aromatic N) is 4. The molecule has 7 nitrogen and oxygen atoms in total. The quantitative estimate of drug-likeness (QED) is 0.705. The number of amides is 1. The number of nitriles is 1. The summed E-state index contributed by atoms with van der Waals surface area (Å²) in [5, 5.41) is 13.2. The SMILES string of the molecule is N#CC1CCN(C(=O)c2cnn3c(=O)cc(-c4ccc(C5CCCCC5)cc4)[nH]c23)C1. The summed E-state index contributed by atoms with van der Waals surface area (Å²) in [5.41, 5.74) is 3.40. The minimum Gasteiger partial charge on any atom is -0.339 e. The zero-order chi connectivity index (χ0) is 21.4. The fourth-order valence-electron chi connectivity index (χ4n) is 4.89. The lowest BCUT2D eigenvalue weighted by Crippen LogP contribution is -2.28. The molecule has 3 heterocycles. The van der Waals surface area contributed by atoms with E-state index in [9.17, 15) is 9.59 Å². The Labute approximate surface area is 180 Å². The number of aromatic amines is 1. The largest absolute Gasteiger partial charge is 0.339 e. The van der Waals surface area contributed by atoms with Gasteiger partial charge < -0.3 is 9.88 Å². The Morgan fingerprint density at radius 3 is 2.61 bits per heavy atom. The highest BCUT2D eigenvalue weighted by atomic mass is 16.2. The maximum Gasteiger partial charge on any atom is 0.274 e. The topological polar surface area (TPSA) is 94.3 Å². The monoisotopic (exact) mass is 415 g/mol. The first-order valence-electron chi connectivity index (χ1n) is 11.0. The smallest absolute Gasteiger partial charge is 0.274 e. The molecule has 1 atom stereocenters. The standard InChI is InChI=1S/C24H25N5O2/c25-13-16-10-11-28(15-16)24(31)20-14-26-29-22(30)12-21(27-23(20)29)19-8-6-18(7-9-19)17-4-2-1-3-5-17/h6-9,12,14,16-17,27H,1-5,10-11,15H2. The van der Waals surface area contributed by atoms with E-state index in [1.54, 1.807) is 4.90 Å². The molecule has 2 fully saturated rings. The second-order valence-corrected chi connectivity index (χ2v) is 8.66. The van der Waals surface area contributed by atoms with Crippen LogP contribution in [0.15, 0.2) is 41.3 Å². The summed E-state index contributed by atoms with van der Waals surface area (Å²) in [4.78, 5) is 30.6. The zero-order valence-electron chi connectivity index (χ0n) is 17.4. The maximum absolute atomic E-state index is 13.0. The van der Waals surface area contributed by atoms with E-state index in [0.717, 1.165) is 5.56 Å². The van der Waals surface area contributed by atoms with Crippen LogP contribution in [0.5, 0.6) is 0 Å². The van der Waals surface area contributed by atoms with Gasteiger partial charge in [0.15, 0.2) is 5.65 Å². The first-order valence-corrected chi connectivity index (χ1v) is 11.0. The number of nitrogens with one attached hydrogen (secondary N) is 1. The van der Waals surface area contributed by atoms with Crippen molar-refractivity contribution in [3.8, 4) is 17.3 Å². The van der Waals surface area contributed by atoms with Gasteiger partial charge in [0.1, 0.15) is 5.56 Å². The molecule has 1 aromatic carbocycles. The average molecular weight is 415 g/mol. The number of fused-ring (bicyclic) bond motifs is 1. The van der Waals surface area contributed by atoms with Crippen LogP contribution in [0.1, 0.15) is 60.4 Å². The van der Waals surface area contributed by atoms with Gasteiger partial charge in [-0.1, -0.05) is 43.5 Å². The van der Waals surface area contributed by atoms with Gasteiger partial charge in [0, 0.05) is 19.2 Å². The molecule has 1 N–H and O–H groups in total. The Morgan fingerprint density at radius 2 is 1.90 bits per heavy atom. The lowest BCUT2D eigenvalue weighted by atomic mass is 9.84. The fourth-order valence-corrected chi connectivity index (χ4v) is 4.89. The molecule has 2 aliphatic rings. The van der Waals surface area contributed by atoms with E-state index in [1.165, 1.54) is 54.4 Å². The summed E-state index contributed by atoms with van der Waals surface area (Å²) in [6.45, 7) is 0.959. The fraction of sp³-hybridized carbons (Fsp3) is 0.417. The van der Waals surface area contributed by atoms with Crippen LogP contribution >= 0.6 is 0 Å². The Balaban J connectivity index is 1.46. The number of H-pyrrole nitrogens is 1. The van der Waals surface area contributed by atoms with E-state index >= 15 is 0 Å². The van der Waals surface area contributed by atoms with Crippen molar-refractivity contribution in [1.82, 2.24) is 19.5 Å². The van der Waals surface area contributed by atoms with Gasteiger partial charge in [0.25, 0.3) is 11.5 Å². The number of hydrogen-bond acceptors (Lipinski definition) is 4. The highest BCUT2D eigenvalue weighted by molar-refractivity contribution is 6.00. The molecule has 3 aromatic rings. The van der Waals surface area contributed by atoms with Gasteiger partial charge >= 0.3 is 0 Å². The molecule has 0 bridgehead atoms. The molecule has 5 rings (SSSR count). The zero-order valence-corrected chi connectivity index (χ0v) is 17.4. The van der Waals surface area contributed by atoms with Crippen LogP contribution in [0, 0.1) is 17.2 Å². The van der Waals surface area contributed by atoms with Crippen molar-refractivity contribution in [2.45, 2.75) is 44.4 Å². The van der Waals surface area contributed by atoms with E-state index in [0.29, 0.717) is 42.3 Å². The minimum absolute atomic E-state index is 0.136. The van der Waals surface area contributed by atoms with Crippen LogP contribution in [-0.2, 0) is 0 Å². The van der Waals surface area contributed by atoms with E-state index in [-0.39, 0.29) is 17.4 Å². The summed E-state index contributed by atoms with van der Waals surface area (Å²) < 4.78 is 1.23. The molecule has 1 saturated heterocycles. The lowest BCUT2D eigenvalue weighted by molar-refractivity contribution is 0.0791. The first-order chi connectivity index (χ1) is 15.1. The summed E-state index contributed by atoms with van der Waals surface area (Å²) in [5.74, 6) is 0.289. The van der Waals surface area contributed by atoms with E-state index in [4.69, 9.17) is 5.26 Å². The first kappa shape index (κ1) is 19.6. The summed E-state index contributed by atoms with van der Waals surface area (Å²) in [7, 11) is 0. The maximum atomic E-state index is 13.0. The lowest BCUT2D eigenvalue weighted by Gasteiger charge is -2.22. The number of carbonyl (C=O) groups excluding carboxylic acids is 1. The van der Waals surface area contributed by atoms with Gasteiger partial charge in [0.05, 0.1) is 23.9 Å². The van der Waals surface area contributed by atoms with Crippen LogP contribution in [0.4, 0.5) is 0 Å². The second-order valence-electron chi connectivity index (χ2n) is 8.66. The number of likely N-dealkylation sites (tertiary alicyclic amines) is 1. The van der Waals surface area contributed by atoms with Crippen LogP contribution in [0.3, 0.4) is 0 Å². The molecule has 31 heavy (non-hydrogen) atoms. The molecule has 1 amide bonds. The molecular formula is C24H25N5O2. The summed E-state index contributed by atoms with van der Waals surface area (Å²) in [6, 6.07) is 12.1. The van der Waals surface area contributed by atoms with Gasteiger partial charge in [-0.05, 0) is 36.3 Å². The third kappa shape index (κ3) is 3.63. The van der Waals surface area contributed by atoms with E-state index in [2.05, 4.69) is 28.3 Å². The van der Waals surface area contributed by atoms with Crippen molar-refractivity contribution in [2.75, 3.05) is 13.1 Å². The number of aromatic nitrogens is 3. The Bertz CT molecular complexity index is 1210. The minimum atomic E-state index is -0.282. The van der Waals surface area contributed by atoms with E-state index < -0.39 is 0 Å². The van der Waals surface area contributed by atoms with Crippen LogP contribution in [0.2, 0.25) is 0 Å². The molecule has 158 valence electrons. The van der Waals surface area contributed by atoms with E-state index in [1.807, 2.05) is 12.1 Å². The average Bonchev–Trinajstić information content (AvgIpc) is 3.47. The molecule has 1 aliphatic carbocycles. The van der Waals surface area contributed by atoms with Gasteiger partial charge in [-0.25, -0.2) is 0 Å². The third-order valence-electron chi connectivity index (χ3n) is 6.69. The Kier molecular flexibility index (Phi) is 5.06. The molecule has 1 saturated carbocycles. The molecular weight excluding hydrogens is 390 g/mol. The number of hydrogen-bond donors (Lipinski definition) is 1.